The minimum Gasteiger partial charge on any atom is -0.460 e. The number of hydrogen-bond acceptors (Lipinski definition) is 4. The zero-order valence-electron chi connectivity index (χ0n) is 12.2. The van der Waals surface area contributed by atoms with Crippen molar-refractivity contribution in [2.24, 2.45) is 0 Å². The summed E-state index contributed by atoms with van der Waals surface area (Å²) in [7, 11) is 0. The van der Waals surface area contributed by atoms with Gasteiger partial charge in [-0.1, -0.05) is 60.7 Å². The third-order valence-corrected chi connectivity index (χ3v) is 3.55. The first-order valence-electron chi connectivity index (χ1n) is 7.34. The maximum atomic E-state index is 12.6. The molecule has 0 aliphatic carbocycles. The van der Waals surface area contributed by atoms with Crippen molar-refractivity contribution in [1.29, 1.82) is 0 Å². The molecular formula is C18H18O4. The molecule has 1 aliphatic heterocycles. The summed E-state index contributed by atoms with van der Waals surface area (Å²) in [5.74, 6) is -0.736. The summed E-state index contributed by atoms with van der Waals surface area (Å²) >= 11 is 0. The summed E-state index contributed by atoms with van der Waals surface area (Å²) in [6.07, 6.45) is -0.448. The smallest absolute Gasteiger partial charge is 0.318 e. The molecule has 4 nitrogen and oxygen atoms in total. The molecule has 1 aliphatic rings. The molecule has 3 rings (SSSR count). The van der Waals surface area contributed by atoms with E-state index in [2.05, 4.69) is 0 Å². The van der Waals surface area contributed by atoms with Gasteiger partial charge in [0.2, 0.25) is 0 Å². The molecular weight excluding hydrogens is 280 g/mol. The zero-order chi connectivity index (χ0) is 15.2. The van der Waals surface area contributed by atoms with E-state index in [-0.39, 0.29) is 12.6 Å². The fourth-order valence-corrected chi connectivity index (χ4v) is 2.49. The molecule has 0 aromatic heterocycles. The molecule has 0 bridgehead atoms. The van der Waals surface area contributed by atoms with Crippen LogP contribution in [0.2, 0.25) is 0 Å². The van der Waals surface area contributed by atoms with Crippen molar-refractivity contribution in [2.45, 2.75) is 12.2 Å². The van der Waals surface area contributed by atoms with Crippen LogP contribution in [0.15, 0.2) is 60.7 Å². The van der Waals surface area contributed by atoms with Gasteiger partial charge in [0.05, 0.1) is 13.2 Å². The van der Waals surface area contributed by atoms with E-state index >= 15 is 0 Å². The molecule has 1 heterocycles. The highest BCUT2D eigenvalue weighted by Gasteiger charge is 2.26. The van der Waals surface area contributed by atoms with Crippen LogP contribution in [0.3, 0.4) is 0 Å². The Morgan fingerprint density at radius 1 is 0.955 bits per heavy atom. The predicted molar refractivity (Wildman–Crippen MR) is 81.4 cm³/mol. The van der Waals surface area contributed by atoms with Gasteiger partial charge < -0.3 is 14.2 Å². The van der Waals surface area contributed by atoms with Gasteiger partial charge in [-0.3, -0.25) is 4.79 Å². The molecule has 0 unspecified atom stereocenters. The molecule has 22 heavy (non-hydrogen) atoms. The fraction of sp³-hybridized carbons (Fsp3) is 0.278. The lowest BCUT2D eigenvalue weighted by Crippen LogP contribution is -2.24. The van der Waals surface area contributed by atoms with Crippen molar-refractivity contribution in [3.63, 3.8) is 0 Å². The summed E-state index contributed by atoms with van der Waals surface area (Å²) in [5, 5.41) is 0. The highest BCUT2D eigenvalue weighted by atomic mass is 16.7. The molecule has 114 valence electrons. The largest absolute Gasteiger partial charge is 0.460 e. The van der Waals surface area contributed by atoms with Crippen molar-refractivity contribution in [1.82, 2.24) is 0 Å². The molecule has 0 N–H and O–H groups in total. The number of carbonyl (C=O) groups is 1. The van der Waals surface area contributed by atoms with Crippen molar-refractivity contribution in [2.75, 3.05) is 19.8 Å². The second-order valence-corrected chi connectivity index (χ2v) is 5.06. The molecule has 1 fully saturated rings. The number of ether oxygens (including phenoxy) is 3. The standard InChI is InChI=1S/C18H18O4/c19-18(22-13-16-20-11-12-21-16)17(14-7-3-1-4-8-14)15-9-5-2-6-10-15/h1-10,16-17H,11-13H2. The van der Waals surface area contributed by atoms with E-state index < -0.39 is 12.2 Å². The van der Waals surface area contributed by atoms with E-state index in [1.807, 2.05) is 60.7 Å². The maximum Gasteiger partial charge on any atom is 0.318 e. The number of benzene rings is 2. The third kappa shape index (κ3) is 3.53. The van der Waals surface area contributed by atoms with Crippen LogP contribution in [0.4, 0.5) is 0 Å². The molecule has 2 aromatic carbocycles. The van der Waals surface area contributed by atoms with Gasteiger partial charge in [0.1, 0.15) is 12.5 Å². The number of rotatable bonds is 5. The fourth-order valence-electron chi connectivity index (χ4n) is 2.49. The van der Waals surface area contributed by atoms with Crippen molar-refractivity contribution in [3.8, 4) is 0 Å². The molecule has 0 saturated carbocycles. The monoisotopic (exact) mass is 298 g/mol. The Bertz CT molecular complexity index is 551. The van der Waals surface area contributed by atoms with E-state index in [4.69, 9.17) is 14.2 Å². The SMILES string of the molecule is O=C(OCC1OCCO1)C(c1ccccc1)c1ccccc1. The van der Waals surface area contributed by atoms with Crippen LogP contribution in [0.25, 0.3) is 0 Å². The zero-order valence-corrected chi connectivity index (χ0v) is 12.2. The first-order chi connectivity index (χ1) is 10.8. The Hall–Kier alpha value is -2.17. The maximum absolute atomic E-state index is 12.6. The van der Waals surface area contributed by atoms with Crippen LogP contribution < -0.4 is 0 Å². The van der Waals surface area contributed by atoms with Gasteiger partial charge in [-0.15, -0.1) is 0 Å². The molecule has 4 heteroatoms. The van der Waals surface area contributed by atoms with E-state index in [0.717, 1.165) is 11.1 Å². The Kier molecular flexibility index (Phi) is 4.83. The summed E-state index contributed by atoms with van der Waals surface area (Å²) in [4.78, 5) is 12.6. The summed E-state index contributed by atoms with van der Waals surface area (Å²) < 4.78 is 16.0. The van der Waals surface area contributed by atoms with Gasteiger partial charge >= 0.3 is 5.97 Å². The minimum atomic E-state index is -0.448. The number of hydrogen-bond donors (Lipinski definition) is 0. The lowest BCUT2D eigenvalue weighted by Gasteiger charge is -2.18. The lowest BCUT2D eigenvalue weighted by atomic mass is 9.91. The van der Waals surface area contributed by atoms with E-state index in [0.29, 0.717) is 13.2 Å². The highest BCUT2D eigenvalue weighted by molar-refractivity contribution is 5.82. The normalized spacial score (nSPS) is 15.1. The Morgan fingerprint density at radius 2 is 1.45 bits per heavy atom. The van der Waals surface area contributed by atoms with Crippen molar-refractivity contribution < 1.29 is 19.0 Å². The average molecular weight is 298 g/mol. The van der Waals surface area contributed by atoms with E-state index in [1.165, 1.54) is 0 Å². The van der Waals surface area contributed by atoms with Crippen LogP contribution in [-0.2, 0) is 19.0 Å². The van der Waals surface area contributed by atoms with Gasteiger partial charge in [-0.2, -0.15) is 0 Å². The Labute approximate surface area is 129 Å². The van der Waals surface area contributed by atoms with E-state index in [1.54, 1.807) is 0 Å². The minimum absolute atomic E-state index is 0.120. The Morgan fingerprint density at radius 3 is 1.95 bits per heavy atom. The van der Waals surface area contributed by atoms with Gasteiger partial charge in [0, 0.05) is 0 Å². The summed E-state index contributed by atoms with van der Waals surface area (Å²) in [6.45, 7) is 1.21. The van der Waals surface area contributed by atoms with E-state index in [9.17, 15) is 4.79 Å². The second-order valence-electron chi connectivity index (χ2n) is 5.06. The molecule has 1 saturated heterocycles. The van der Waals surface area contributed by atoms with Gasteiger partial charge in [-0.25, -0.2) is 0 Å². The van der Waals surface area contributed by atoms with Crippen LogP contribution in [0.5, 0.6) is 0 Å². The quantitative estimate of drug-likeness (QED) is 0.796. The van der Waals surface area contributed by atoms with Crippen LogP contribution in [-0.4, -0.2) is 32.1 Å². The first kappa shape index (κ1) is 14.8. The Balaban J connectivity index is 1.77. The van der Waals surface area contributed by atoms with Gasteiger partial charge in [0.15, 0.2) is 6.29 Å². The topological polar surface area (TPSA) is 44.8 Å². The third-order valence-electron chi connectivity index (χ3n) is 3.55. The van der Waals surface area contributed by atoms with Crippen molar-refractivity contribution in [3.05, 3.63) is 71.8 Å². The van der Waals surface area contributed by atoms with Crippen LogP contribution in [0.1, 0.15) is 17.0 Å². The molecule has 2 aromatic rings. The molecule has 0 radical (unpaired) electrons. The number of esters is 1. The summed E-state index contributed by atoms with van der Waals surface area (Å²) in [6, 6.07) is 19.3. The average Bonchev–Trinajstić information content (AvgIpc) is 3.09. The van der Waals surface area contributed by atoms with Crippen LogP contribution >= 0.6 is 0 Å². The second kappa shape index (κ2) is 7.20. The van der Waals surface area contributed by atoms with Crippen molar-refractivity contribution >= 4 is 5.97 Å². The lowest BCUT2D eigenvalue weighted by molar-refractivity contribution is -0.156. The number of carbonyl (C=O) groups excluding carboxylic acids is 1. The van der Waals surface area contributed by atoms with Gasteiger partial charge in [-0.05, 0) is 11.1 Å². The van der Waals surface area contributed by atoms with Gasteiger partial charge in [0.25, 0.3) is 0 Å². The molecule has 0 spiro atoms. The first-order valence-corrected chi connectivity index (χ1v) is 7.34. The highest BCUT2D eigenvalue weighted by Crippen LogP contribution is 2.26. The predicted octanol–water partition coefficient (Wildman–Crippen LogP) is 2.73. The van der Waals surface area contributed by atoms with Crippen LogP contribution in [0, 0.1) is 0 Å². The molecule has 0 amide bonds. The molecule has 0 atom stereocenters. The summed E-state index contributed by atoms with van der Waals surface area (Å²) in [5.41, 5.74) is 1.82.